The molecule has 1 atom stereocenters. The van der Waals surface area contributed by atoms with Gasteiger partial charge in [-0.3, -0.25) is 14.0 Å². The number of nitrogens with zero attached hydrogens (tertiary/aromatic N) is 3. The lowest BCUT2D eigenvalue weighted by molar-refractivity contribution is -0.115. The number of hydrogen-bond donors (Lipinski definition) is 2. The maximum Gasteiger partial charge on any atom is 0.252 e. The van der Waals surface area contributed by atoms with Gasteiger partial charge >= 0.3 is 0 Å². The highest BCUT2D eigenvalue weighted by Crippen LogP contribution is 2.37. The van der Waals surface area contributed by atoms with Crippen molar-refractivity contribution >= 4 is 56.5 Å². The van der Waals surface area contributed by atoms with Gasteiger partial charge < -0.3 is 11.1 Å². The number of rotatable bonds is 7. The lowest BCUT2D eigenvalue weighted by atomic mass is 10.0. The van der Waals surface area contributed by atoms with Gasteiger partial charge in [-0.05, 0) is 62.9 Å². The molecule has 0 fully saturated rings. The highest BCUT2D eigenvalue weighted by molar-refractivity contribution is 8.00. The molecule has 0 bridgehead atoms. The summed E-state index contributed by atoms with van der Waals surface area (Å²) < 4.78 is 2.03. The van der Waals surface area contributed by atoms with Crippen LogP contribution in [0.2, 0.25) is 0 Å². The number of carbonyl (C=O) groups excluding carboxylic acids is 2. The molecule has 0 aliphatic heterocycles. The minimum Gasteiger partial charge on any atom is -0.365 e. The Balaban J connectivity index is 1.47. The smallest absolute Gasteiger partial charge is 0.252 e. The number of pyridine rings is 1. The van der Waals surface area contributed by atoms with E-state index in [1.54, 1.807) is 0 Å². The molecule has 0 radical (unpaired) electrons. The molecule has 5 rings (SSSR count). The predicted molar refractivity (Wildman–Crippen MR) is 156 cm³/mol. The van der Waals surface area contributed by atoms with Crippen LogP contribution in [0.4, 0.5) is 5.00 Å². The number of nitrogens with two attached hydrogens (primary N) is 1. The van der Waals surface area contributed by atoms with E-state index in [1.165, 1.54) is 28.7 Å². The Kier molecular flexibility index (Phi) is 6.98. The summed E-state index contributed by atoms with van der Waals surface area (Å²) in [6.45, 7) is 10.2. The number of thioether (sulfide) groups is 1. The topological polar surface area (TPSA) is 102 Å². The van der Waals surface area contributed by atoms with Crippen LogP contribution in [0.15, 0.2) is 53.0 Å². The van der Waals surface area contributed by atoms with Crippen molar-refractivity contribution in [1.29, 1.82) is 0 Å². The van der Waals surface area contributed by atoms with Gasteiger partial charge in [0.05, 0.1) is 16.3 Å². The molecule has 2 aromatic carbocycles. The van der Waals surface area contributed by atoms with E-state index in [-0.39, 0.29) is 5.91 Å². The van der Waals surface area contributed by atoms with E-state index in [9.17, 15) is 9.59 Å². The second-order valence-electron chi connectivity index (χ2n) is 9.57. The van der Waals surface area contributed by atoms with Crippen LogP contribution in [0.5, 0.6) is 0 Å². The Bertz CT molecular complexity index is 1700. The Morgan fingerprint density at radius 1 is 1.03 bits per heavy atom. The van der Waals surface area contributed by atoms with Crippen LogP contribution >= 0.6 is 23.1 Å². The van der Waals surface area contributed by atoms with Gasteiger partial charge in [0.15, 0.2) is 10.8 Å². The van der Waals surface area contributed by atoms with E-state index < -0.39 is 11.2 Å². The quantitative estimate of drug-likeness (QED) is 0.230. The van der Waals surface area contributed by atoms with Crippen molar-refractivity contribution < 1.29 is 9.59 Å². The monoisotopic (exact) mass is 543 g/mol. The molecule has 38 heavy (non-hydrogen) atoms. The number of amides is 2. The molecule has 3 aromatic heterocycles. The maximum atomic E-state index is 13.5. The number of benzene rings is 2. The van der Waals surface area contributed by atoms with E-state index in [0.29, 0.717) is 22.1 Å². The van der Waals surface area contributed by atoms with E-state index in [0.717, 1.165) is 44.4 Å². The summed E-state index contributed by atoms with van der Waals surface area (Å²) in [5.41, 5.74) is 14.1. The molecule has 3 N–H and O–H groups in total. The molecular weight excluding hydrogens is 514 g/mol. The first-order valence-corrected chi connectivity index (χ1v) is 14.2. The van der Waals surface area contributed by atoms with Gasteiger partial charge in [0.25, 0.3) is 5.91 Å². The molecule has 1 unspecified atom stereocenters. The molecule has 0 saturated carbocycles. The van der Waals surface area contributed by atoms with Crippen LogP contribution in [0, 0.1) is 27.7 Å². The van der Waals surface area contributed by atoms with Gasteiger partial charge in [0, 0.05) is 16.3 Å². The van der Waals surface area contributed by atoms with Gasteiger partial charge in [-0.1, -0.05) is 60.1 Å². The number of aryl methyl sites for hydroxylation is 4. The first kappa shape index (κ1) is 25.9. The fraction of sp³-hybridized carbons (Fsp3) is 0.241. The molecule has 0 saturated heterocycles. The summed E-state index contributed by atoms with van der Waals surface area (Å²) in [6.07, 6.45) is 0.565. The van der Waals surface area contributed by atoms with Crippen LogP contribution in [-0.2, 0) is 4.79 Å². The number of primary amides is 1. The molecule has 0 spiro atoms. The van der Waals surface area contributed by atoms with Crippen LogP contribution in [-0.4, -0.2) is 31.7 Å². The van der Waals surface area contributed by atoms with Gasteiger partial charge in [0.1, 0.15) is 5.00 Å². The number of thiophene rings is 1. The average Bonchev–Trinajstić information content (AvgIpc) is 3.47. The maximum absolute atomic E-state index is 13.5. The standard InChI is InChI=1S/C29H29N5O2S2/c1-6-22(27(36)31-28-24(26(30)35)21(14-37-28)19-9-7-15(2)8-10-19)38-29-33-32-23-13-17(4)20-12-16(3)11-18(5)25(20)34(23)29/h7-14,22H,6H2,1-5H3,(H2,30,35)(H,31,36). The summed E-state index contributed by atoms with van der Waals surface area (Å²) >= 11 is 2.67. The van der Waals surface area contributed by atoms with E-state index in [2.05, 4.69) is 48.4 Å². The third-order valence-corrected chi connectivity index (χ3v) is 8.85. The highest BCUT2D eigenvalue weighted by Gasteiger charge is 2.26. The number of carbonyl (C=O) groups is 2. The molecule has 7 nitrogen and oxygen atoms in total. The van der Waals surface area contributed by atoms with Crippen molar-refractivity contribution in [2.75, 3.05) is 5.32 Å². The number of aromatic nitrogens is 3. The zero-order valence-electron chi connectivity index (χ0n) is 22.0. The minimum atomic E-state index is -0.575. The van der Waals surface area contributed by atoms with Gasteiger partial charge in [-0.25, -0.2) is 0 Å². The van der Waals surface area contributed by atoms with Crippen molar-refractivity contribution in [3.05, 3.63) is 75.7 Å². The van der Waals surface area contributed by atoms with E-state index >= 15 is 0 Å². The van der Waals surface area contributed by atoms with Crippen LogP contribution in [0.25, 0.3) is 27.7 Å². The van der Waals surface area contributed by atoms with Gasteiger partial charge in [-0.15, -0.1) is 21.5 Å². The summed E-state index contributed by atoms with van der Waals surface area (Å²) in [5.74, 6) is -0.785. The number of anilines is 1. The normalized spacial score (nSPS) is 12.2. The third-order valence-electron chi connectivity index (χ3n) is 6.64. The fourth-order valence-electron chi connectivity index (χ4n) is 4.77. The third kappa shape index (κ3) is 4.68. The lowest BCUT2D eigenvalue weighted by Crippen LogP contribution is -2.26. The van der Waals surface area contributed by atoms with Gasteiger partial charge in [0.2, 0.25) is 5.91 Å². The minimum absolute atomic E-state index is 0.210. The van der Waals surface area contributed by atoms with Crippen molar-refractivity contribution in [1.82, 2.24) is 14.6 Å². The molecule has 0 aliphatic rings. The highest BCUT2D eigenvalue weighted by atomic mass is 32.2. The zero-order chi connectivity index (χ0) is 27.1. The van der Waals surface area contributed by atoms with E-state index in [1.807, 2.05) is 54.0 Å². The Morgan fingerprint density at radius 2 is 1.76 bits per heavy atom. The summed E-state index contributed by atoms with van der Waals surface area (Å²) in [6, 6.07) is 14.2. The summed E-state index contributed by atoms with van der Waals surface area (Å²) in [7, 11) is 0. The van der Waals surface area contributed by atoms with Crippen molar-refractivity contribution in [3.8, 4) is 11.1 Å². The molecule has 0 aliphatic carbocycles. The Morgan fingerprint density at radius 3 is 2.45 bits per heavy atom. The first-order valence-electron chi connectivity index (χ1n) is 12.4. The molecule has 5 aromatic rings. The average molecular weight is 544 g/mol. The number of nitrogens with one attached hydrogen (secondary N) is 1. The first-order chi connectivity index (χ1) is 18.2. The Labute approximate surface area is 229 Å². The number of fused-ring (bicyclic) bond motifs is 3. The molecular formula is C29H29N5O2S2. The zero-order valence-corrected chi connectivity index (χ0v) is 23.6. The fourth-order valence-corrected chi connectivity index (χ4v) is 6.71. The Hall–Kier alpha value is -3.69. The van der Waals surface area contributed by atoms with Crippen molar-refractivity contribution in [3.63, 3.8) is 0 Å². The second kappa shape index (κ2) is 10.2. The largest absolute Gasteiger partial charge is 0.365 e. The van der Waals surface area contributed by atoms with Crippen molar-refractivity contribution in [2.24, 2.45) is 5.73 Å². The van der Waals surface area contributed by atoms with Crippen LogP contribution in [0.1, 0.15) is 46.0 Å². The van der Waals surface area contributed by atoms with Crippen LogP contribution in [0.3, 0.4) is 0 Å². The second-order valence-corrected chi connectivity index (χ2v) is 11.6. The number of hydrogen-bond acceptors (Lipinski definition) is 6. The molecule has 3 heterocycles. The molecule has 2 amide bonds. The molecule has 194 valence electrons. The SMILES string of the molecule is CCC(Sc1nnc2cc(C)c3cc(C)cc(C)c3n12)C(=O)Nc1scc(-c2ccc(C)cc2)c1C(N)=O. The van der Waals surface area contributed by atoms with Gasteiger partial charge in [-0.2, -0.15) is 0 Å². The summed E-state index contributed by atoms with van der Waals surface area (Å²) in [4.78, 5) is 25.9. The lowest BCUT2D eigenvalue weighted by Gasteiger charge is -2.15. The molecule has 9 heteroatoms. The van der Waals surface area contributed by atoms with E-state index in [4.69, 9.17) is 5.73 Å². The van der Waals surface area contributed by atoms with Crippen LogP contribution < -0.4 is 11.1 Å². The predicted octanol–water partition coefficient (Wildman–Crippen LogP) is 6.45. The summed E-state index contributed by atoms with van der Waals surface area (Å²) in [5, 5.41) is 15.5. The van der Waals surface area contributed by atoms with Crippen molar-refractivity contribution in [2.45, 2.75) is 51.4 Å².